The Morgan fingerprint density at radius 1 is 1.11 bits per heavy atom. The Morgan fingerprint density at radius 2 is 1.74 bits per heavy atom. The van der Waals surface area contributed by atoms with Crippen LogP contribution in [0.5, 0.6) is 0 Å². The molecule has 19 heavy (non-hydrogen) atoms. The van der Waals surface area contributed by atoms with Gasteiger partial charge in [-0.2, -0.15) is 0 Å². The third-order valence-electron chi connectivity index (χ3n) is 2.57. The molecule has 2 aromatic carbocycles. The first-order valence-electron chi connectivity index (χ1n) is 5.67. The molecule has 0 bridgehead atoms. The molecule has 0 aliphatic heterocycles. The van der Waals surface area contributed by atoms with E-state index in [1.54, 1.807) is 23.9 Å². The highest BCUT2D eigenvalue weighted by Gasteiger charge is 2.03. The summed E-state index contributed by atoms with van der Waals surface area (Å²) in [5.74, 6) is 5.68. The molecule has 0 heterocycles. The fourth-order valence-electron chi connectivity index (χ4n) is 1.53. The van der Waals surface area contributed by atoms with Crippen molar-refractivity contribution in [3.05, 3.63) is 64.1 Å². The highest BCUT2D eigenvalue weighted by molar-refractivity contribution is 9.10. The molecule has 0 fully saturated rings. The standard InChI is InChI=1S/C14H13BrN2OS/c15-12-5-7-13(8-6-12)19-9-10-1-3-11(4-2-10)14(18)17-16/h1-8H,9,16H2,(H,17,18). The highest BCUT2D eigenvalue weighted by Crippen LogP contribution is 2.24. The largest absolute Gasteiger partial charge is 0.290 e. The van der Waals surface area contributed by atoms with Crippen molar-refractivity contribution in [1.82, 2.24) is 5.43 Å². The van der Waals surface area contributed by atoms with Crippen molar-refractivity contribution in [1.29, 1.82) is 0 Å². The first kappa shape index (κ1) is 14.1. The lowest BCUT2D eigenvalue weighted by atomic mass is 10.1. The van der Waals surface area contributed by atoms with E-state index >= 15 is 0 Å². The van der Waals surface area contributed by atoms with Crippen LogP contribution in [-0.2, 0) is 5.75 Å². The first-order chi connectivity index (χ1) is 9.19. The van der Waals surface area contributed by atoms with Gasteiger partial charge in [0.05, 0.1) is 0 Å². The van der Waals surface area contributed by atoms with Crippen LogP contribution in [0.4, 0.5) is 0 Å². The zero-order valence-electron chi connectivity index (χ0n) is 10.1. The van der Waals surface area contributed by atoms with E-state index in [2.05, 4.69) is 33.5 Å². The van der Waals surface area contributed by atoms with Crippen molar-refractivity contribution in [2.24, 2.45) is 5.84 Å². The van der Waals surface area contributed by atoms with Gasteiger partial charge in [0.1, 0.15) is 0 Å². The fraction of sp³-hybridized carbons (Fsp3) is 0.0714. The van der Waals surface area contributed by atoms with E-state index in [4.69, 9.17) is 5.84 Å². The Balaban J connectivity index is 1.96. The third kappa shape index (κ3) is 4.09. The molecule has 0 radical (unpaired) electrons. The average molecular weight is 337 g/mol. The molecular formula is C14H13BrN2OS. The van der Waals surface area contributed by atoms with Gasteiger partial charge >= 0.3 is 0 Å². The molecule has 0 spiro atoms. The third-order valence-corrected chi connectivity index (χ3v) is 4.18. The predicted molar refractivity (Wildman–Crippen MR) is 81.8 cm³/mol. The van der Waals surface area contributed by atoms with Crippen molar-refractivity contribution in [3.63, 3.8) is 0 Å². The Bertz CT molecular complexity index is 555. The summed E-state index contributed by atoms with van der Waals surface area (Å²) in [5.41, 5.74) is 3.85. The number of hydrazine groups is 1. The summed E-state index contributed by atoms with van der Waals surface area (Å²) in [7, 11) is 0. The van der Waals surface area contributed by atoms with Crippen LogP contribution in [-0.4, -0.2) is 5.91 Å². The maximum absolute atomic E-state index is 11.3. The number of rotatable bonds is 4. The van der Waals surface area contributed by atoms with Crippen molar-refractivity contribution in [2.45, 2.75) is 10.6 Å². The molecule has 2 rings (SSSR count). The SMILES string of the molecule is NNC(=O)c1ccc(CSc2ccc(Br)cc2)cc1. The van der Waals surface area contributed by atoms with Gasteiger partial charge < -0.3 is 0 Å². The molecule has 3 N–H and O–H groups in total. The van der Waals surface area contributed by atoms with E-state index < -0.39 is 0 Å². The quantitative estimate of drug-likeness (QED) is 0.389. The minimum absolute atomic E-state index is 0.271. The van der Waals surface area contributed by atoms with Crippen LogP contribution < -0.4 is 11.3 Å². The van der Waals surface area contributed by atoms with E-state index in [1.807, 2.05) is 24.3 Å². The van der Waals surface area contributed by atoms with Gasteiger partial charge in [0.15, 0.2) is 0 Å². The number of nitrogen functional groups attached to an aromatic ring is 1. The van der Waals surface area contributed by atoms with Gasteiger partial charge in [-0.15, -0.1) is 11.8 Å². The van der Waals surface area contributed by atoms with E-state index in [-0.39, 0.29) is 5.91 Å². The average Bonchev–Trinajstić information content (AvgIpc) is 2.46. The number of carbonyl (C=O) groups excluding carboxylic acids is 1. The fourth-order valence-corrected chi connectivity index (χ4v) is 2.65. The Hall–Kier alpha value is -1.30. The Morgan fingerprint density at radius 3 is 2.32 bits per heavy atom. The summed E-state index contributed by atoms with van der Waals surface area (Å²) in [6.45, 7) is 0. The minimum Gasteiger partial charge on any atom is -0.290 e. The lowest BCUT2D eigenvalue weighted by Crippen LogP contribution is -2.29. The predicted octanol–water partition coefficient (Wildman–Crippen LogP) is 3.34. The molecular weight excluding hydrogens is 324 g/mol. The second kappa shape index (κ2) is 6.75. The lowest BCUT2D eigenvalue weighted by Gasteiger charge is -2.04. The molecule has 3 nitrogen and oxygen atoms in total. The van der Waals surface area contributed by atoms with Gasteiger partial charge in [-0.25, -0.2) is 5.84 Å². The molecule has 0 aromatic heterocycles. The molecule has 0 unspecified atom stereocenters. The molecule has 0 aliphatic rings. The van der Waals surface area contributed by atoms with Gasteiger partial charge in [0, 0.05) is 20.7 Å². The summed E-state index contributed by atoms with van der Waals surface area (Å²) in [6.07, 6.45) is 0. The van der Waals surface area contributed by atoms with Crippen molar-refractivity contribution < 1.29 is 4.79 Å². The number of hydrogen-bond acceptors (Lipinski definition) is 3. The van der Waals surface area contributed by atoms with Crippen molar-refractivity contribution >= 4 is 33.6 Å². The van der Waals surface area contributed by atoms with E-state index in [0.717, 1.165) is 10.2 Å². The van der Waals surface area contributed by atoms with Gasteiger partial charge in [0.25, 0.3) is 5.91 Å². The minimum atomic E-state index is -0.271. The number of hydrogen-bond donors (Lipinski definition) is 2. The van der Waals surface area contributed by atoms with Gasteiger partial charge in [-0.3, -0.25) is 10.2 Å². The van der Waals surface area contributed by atoms with E-state index in [9.17, 15) is 4.79 Å². The molecule has 0 saturated carbocycles. The molecule has 2 aromatic rings. The zero-order valence-corrected chi connectivity index (χ0v) is 12.5. The number of nitrogens with one attached hydrogen (secondary N) is 1. The highest BCUT2D eigenvalue weighted by atomic mass is 79.9. The number of halogens is 1. The smallest absolute Gasteiger partial charge is 0.265 e. The summed E-state index contributed by atoms with van der Waals surface area (Å²) in [4.78, 5) is 12.5. The van der Waals surface area contributed by atoms with Crippen LogP contribution in [0.3, 0.4) is 0 Å². The topological polar surface area (TPSA) is 55.1 Å². The maximum atomic E-state index is 11.3. The molecule has 0 saturated heterocycles. The summed E-state index contributed by atoms with van der Waals surface area (Å²) >= 11 is 5.17. The number of thioether (sulfide) groups is 1. The molecule has 0 aliphatic carbocycles. The summed E-state index contributed by atoms with van der Waals surface area (Å²) in [6, 6.07) is 15.6. The molecule has 5 heteroatoms. The van der Waals surface area contributed by atoms with Crippen LogP contribution in [0.15, 0.2) is 57.9 Å². The monoisotopic (exact) mass is 336 g/mol. The molecule has 98 valence electrons. The Kier molecular flexibility index (Phi) is 5.01. The lowest BCUT2D eigenvalue weighted by molar-refractivity contribution is 0.0953. The van der Waals surface area contributed by atoms with Crippen LogP contribution >= 0.6 is 27.7 Å². The van der Waals surface area contributed by atoms with E-state index in [1.165, 1.54) is 10.5 Å². The number of nitrogens with two attached hydrogens (primary N) is 1. The normalized spacial score (nSPS) is 10.2. The Labute approximate surface area is 124 Å². The van der Waals surface area contributed by atoms with Crippen LogP contribution in [0.25, 0.3) is 0 Å². The number of carbonyl (C=O) groups is 1. The van der Waals surface area contributed by atoms with Crippen molar-refractivity contribution in [3.8, 4) is 0 Å². The first-order valence-corrected chi connectivity index (χ1v) is 7.45. The van der Waals surface area contributed by atoms with Gasteiger partial charge in [0.2, 0.25) is 0 Å². The van der Waals surface area contributed by atoms with Crippen LogP contribution in [0.2, 0.25) is 0 Å². The van der Waals surface area contributed by atoms with Gasteiger partial charge in [-0.05, 0) is 42.0 Å². The van der Waals surface area contributed by atoms with E-state index in [0.29, 0.717) is 5.56 Å². The van der Waals surface area contributed by atoms with Crippen LogP contribution in [0.1, 0.15) is 15.9 Å². The van der Waals surface area contributed by atoms with Crippen LogP contribution in [0, 0.1) is 0 Å². The second-order valence-electron chi connectivity index (χ2n) is 3.91. The molecule has 1 amide bonds. The van der Waals surface area contributed by atoms with Crippen molar-refractivity contribution in [2.75, 3.05) is 0 Å². The maximum Gasteiger partial charge on any atom is 0.265 e. The zero-order chi connectivity index (χ0) is 13.7. The molecule has 0 atom stereocenters. The number of benzene rings is 2. The second-order valence-corrected chi connectivity index (χ2v) is 5.88. The number of amides is 1. The summed E-state index contributed by atoms with van der Waals surface area (Å²) < 4.78 is 1.08. The van der Waals surface area contributed by atoms with Gasteiger partial charge in [-0.1, -0.05) is 28.1 Å². The summed E-state index contributed by atoms with van der Waals surface area (Å²) in [5, 5.41) is 0.